The van der Waals surface area contributed by atoms with Gasteiger partial charge in [0.1, 0.15) is 0 Å². The van der Waals surface area contributed by atoms with E-state index >= 15 is 0 Å². The van der Waals surface area contributed by atoms with Crippen molar-refractivity contribution in [2.24, 2.45) is 11.8 Å². The third-order valence-corrected chi connectivity index (χ3v) is 4.20. The predicted molar refractivity (Wildman–Crippen MR) is 80.7 cm³/mol. The second-order valence-corrected chi connectivity index (χ2v) is 6.27. The summed E-state index contributed by atoms with van der Waals surface area (Å²) in [6, 6.07) is 0.474. The largest absolute Gasteiger partial charge is 0.341 e. The highest BCUT2D eigenvalue weighted by Gasteiger charge is 2.28. The van der Waals surface area contributed by atoms with E-state index in [0.29, 0.717) is 30.3 Å². The minimum Gasteiger partial charge on any atom is -0.341 e. The molecule has 0 aliphatic carbocycles. The van der Waals surface area contributed by atoms with Crippen LogP contribution in [-0.2, 0) is 4.79 Å². The van der Waals surface area contributed by atoms with Gasteiger partial charge in [-0.3, -0.25) is 9.69 Å². The van der Waals surface area contributed by atoms with Gasteiger partial charge in [0.05, 0.1) is 6.54 Å². The average Bonchev–Trinajstić information content (AvgIpc) is 2.31. The Morgan fingerprint density at radius 2 is 1.84 bits per heavy atom. The number of carbonyl (C=O) groups is 1. The molecular weight excluding hydrogens is 262 g/mol. The Morgan fingerprint density at radius 3 is 2.42 bits per heavy atom. The van der Waals surface area contributed by atoms with E-state index in [1.54, 1.807) is 0 Å². The number of hydrogen-bond donors (Lipinski definition) is 1. The summed E-state index contributed by atoms with van der Waals surface area (Å²) in [5.41, 5.74) is 0. The van der Waals surface area contributed by atoms with E-state index < -0.39 is 0 Å². The van der Waals surface area contributed by atoms with Crippen LogP contribution in [0.25, 0.3) is 0 Å². The maximum absolute atomic E-state index is 12.4. The van der Waals surface area contributed by atoms with Crippen LogP contribution in [0.2, 0.25) is 0 Å². The molecule has 2 unspecified atom stereocenters. The second-order valence-electron chi connectivity index (χ2n) is 6.27. The van der Waals surface area contributed by atoms with Gasteiger partial charge in [-0.15, -0.1) is 12.4 Å². The van der Waals surface area contributed by atoms with Crippen molar-refractivity contribution in [3.63, 3.8) is 0 Å². The van der Waals surface area contributed by atoms with Crippen molar-refractivity contribution >= 4 is 18.3 Å². The molecule has 2 saturated heterocycles. The molecule has 2 aliphatic rings. The van der Waals surface area contributed by atoms with E-state index in [4.69, 9.17) is 0 Å². The summed E-state index contributed by atoms with van der Waals surface area (Å²) in [6.45, 7) is 12.2. The van der Waals surface area contributed by atoms with E-state index in [0.717, 1.165) is 32.7 Å². The number of piperidine rings is 1. The molecule has 2 rings (SSSR count). The van der Waals surface area contributed by atoms with Crippen molar-refractivity contribution in [1.29, 1.82) is 0 Å². The molecule has 1 amide bonds. The molecule has 0 spiro atoms. The summed E-state index contributed by atoms with van der Waals surface area (Å²) in [4.78, 5) is 16.8. The first-order valence-electron chi connectivity index (χ1n) is 7.28. The van der Waals surface area contributed by atoms with Gasteiger partial charge in [-0.2, -0.15) is 0 Å². The molecule has 3 atom stereocenters. The van der Waals surface area contributed by atoms with E-state index in [1.807, 2.05) is 0 Å². The lowest BCUT2D eigenvalue weighted by molar-refractivity contribution is -0.135. The lowest BCUT2D eigenvalue weighted by Crippen LogP contribution is -2.54. The number of likely N-dealkylation sites (tertiary alicyclic amines) is 1. The molecule has 19 heavy (non-hydrogen) atoms. The number of nitrogens with one attached hydrogen (secondary N) is 1. The lowest BCUT2D eigenvalue weighted by atomic mass is 9.92. The van der Waals surface area contributed by atoms with E-state index in [2.05, 4.69) is 35.9 Å². The van der Waals surface area contributed by atoms with Crippen LogP contribution in [0.4, 0.5) is 0 Å². The first kappa shape index (κ1) is 16.7. The fourth-order valence-electron chi connectivity index (χ4n) is 3.26. The highest BCUT2D eigenvalue weighted by Crippen LogP contribution is 2.21. The third kappa shape index (κ3) is 4.62. The lowest BCUT2D eigenvalue weighted by Gasteiger charge is -2.38. The number of piperazine rings is 1. The minimum atomic E-state index is 0. The molecule has 112 valence electrons. The summed E-state index contributed by atoms with van der Waals surface area (Å²) >= 11 is 0. The summed E-state index contributed by atoms with van der Waals surface area (Å²) in [5.74, 6) is 1.62. The predicted octanol–water partition coefficient (Wildman–Crippen LogP) is 1.21. The zero-order chi connectivity index (χ0) is 13.1. The Kier molecular flexibility index (Phi) is 6.57. The molecule has 2 aliphatic heterocycles. The number of carbonyl (C=O) groups excluding carboxylic acids is 1. The Hall–Kier alpha value is -0.320. The fraction of sp³-hybridized carbons (Fsp3) is 0.929. The van der Waals surface area contributed by atoms with Crippen LogP contribution in [0.1, 0.15) is 27.2 Å². The number of amides is 1. The first-order chi connectivity index (χ1) is 8.56. The van der Waals surface area contributed by atoms with Crippen LogP contribution in [0.5, 0.6) is 0 Å². The van der Waals surface area contributed by atoms with Gasteiger partial charge < -0.3 is 10.2 Å². The van der Waals surface area contributed by atoms with Crippen LogP contribution in [-0.4, -0.2) is 61.0 Å². The van der Waals surface area contributed by atoms with Crippen molar-refractivity contribution in [3.05, 3.63) is 0 Å². The zero-order valence-electron chi connectivity index (χ0n) is 12.4. The smallest absolute Gasteiger partial charge is 0.236 e. The zero-order valence-corrected chi connectivity index (χ0v) is 13.2. The first-order valence-corrected chi connectivity index (χ1v) is 7.28. The molecule has 0 aromatic rings. The van der Waals surface area contributed by atoms with E-state index in [-0.39, 0.29) is 12.4 Å². The van der Waals surface area contributed by atoms with Gasteiger partial charge in [-0.05, 0) is 25.2 Å². The standard InChI is InChI=1S/C14H27N3O.ClH/c1-11-6-12(2)9-17(8-11)14(18)10-16-5-4-15-7-13(16)3;/h11-13,15H,4-10H2,1-3H3;1H/t11?,12?,13-;/m1./s1. The van der Waals surface area contributed by atoms with Gasteiger partial charge in [0.15, 0.2) is 0 Å². The third-order valence-electron chi connectivity index (χ3n) is 4.20. The Labute approximate surface area is 123 Å². The Bertz CT molecular complexity index is 290. The molecule has 5 heteroatoms. The molecule has 0 bridgehead atoms. The molecule has 0 aromatic carbocycles. The van der Waals surface area contributed by atoms with Crippen molar-refractivity contribution in [2.45, 2.75) is 33.2 Å². The second kappa shape index (κ2) is 7.46. The summed E-state index contributed by atoms with van der Waals surface area (Å²) in [7, 11) is 0. The molecule has 1 N–H and O–H groups in total. The van der Waals surface area contributed by atoms with Crippen molar-refractivity contribution in [3.8, 4) is 0 Å². The topological polar surface area (TPSA) is 35.6 Å². The SMILES string of the molecule is CC1CC(C)CN(C(=O)CN2CCNC[C@H]2C)C1.Cl. The maximum Gasteiger partial charge on any atom is 0.236 e. The molecule has 0 saturated carbocycles. The highest BCUT2D eigenvalue weighted by atomic mass is 35.5. The molecule has 4 nitrogen and oxygen atoms in total. The number of nitrogens with zero attached hydrogens (tertiary/aromatic N) is 2. The van der Waals surface area contributed by atoms with Crippen LogP contribution in [0.15, 0.2) is 0 Å². The summed E-state index contributed by atoms with van der Waals surface area (Å²) in [5, 5.41) is 3.36. The summed E-state index contributed by atoms with van der Waals surface area (Å²) in [6.07, 6.45) is 1.26. The van der Waals surface area contributed by atoms with Crippen molar-refractivity contribution in [2.75, 3.05) is 39.3 Å². The Balaban J connectivity index is 0.00000180. The molecule has 0 aromatic heterocycles. The fourth-order valence-corrected chi connectivity index (χ4v) is 3.26. The molecule has 0 radical (unpaired) electrons. The van der Waals surface area contributed by atoms with Gasteiger partial charge in [0.25, 0.3) is 0 Å². The number of halogens is 1. The normalized spacial score (nSPS) is 32.8. The van der Waals surface area contributed by atoms with Crippen molar-refractivity contribution < 1.29 is 4.79 Å². The quantitative estimate of drug-likeness (QED) is 0.830. The minimum absolute atomic E-state index is 0. The monoisotopic (exact) mass is 289 g/mol. The van der Waals surface area contributed by atoms with Crippen molar-refractivity contribution in [1.82, 2.24) is 15.1 Å². The van der Waals surface area contributed by atoms with Gasteiger partial charge in [-0.25, -0.2) is 0 Å². The molecular formula is C14H28ClN3O. The van der Waals surface area contributed by atoms with Gasteiger partial charge in [0.2, 0.25) is 5.91 Å². The summed E-state index contributed by atoms with van der Waals surface area (Å²) < 4.78 is 0. The van der Waals surface area contributed by atoms with Crippen LogP contribution in [0.3, 0.4) is 0 Å². The average molecular weight is 290 g/mol. The Morgan fingerprint density at radius 1 is 1.21 bits per heavy atom. The number of hydrogen-bond acceptors (Lipinski definition) is 3. The van der Waals surface area contributed by atoms with E-state index in [1.165, 1.54) is 6.42 Å². The van der Waals surface area contributed by atoms with Gasteiger partial charge >= 0.3 is 0 Å². The van der Waals surface area contributed by atoms with Crippen LogP contribution >= 0.6 is 12.4 Å². The van der Waals surface area contributed by atoms with E-state index in [9.17, 15) is 4.79 Å². The van der Waals surface area contributed by atoms with Gasteiger partial charge in [0, 0.05) is 38.8 Å². The highest BCUT2D eigenvalue weighted by molar-refractivity contribution is 5.85. The van der Waals surface area contributed by atoms with Gasteiger partial charge in [-0.1, -0.05) is 13.8 Å². The van der Waals surface area contributed by atoms with Crippen LogP contribution in [0, 0.1) is 11.8 Å². The van der Waals surface area contributed by atoms with Crippen LogP contribution < -0.4 is 5.32 Å². The maximum atomic E-state index is 12.4. The number of rotatable bonds is 2. The molecule has 2 heterocycles. The molecule has 2 fully saturated rings.